The van der Waals surface area contributed by atoms with Crippen LogP contribution in [0, 0.1) is 12.8 Å². The predicted octanol–water partition coefficient (Wildman–Crippen LogP) is 2.60. The van der Waals surface area contributed by atoms with Gasteiger partial charge in [0.1, 0.15) is 0 Å². The molecule has 18 heavy (non-hydrogen) atoms. The predicted molar refractivity (Wildman–Crippen MR) is 77.0 cm³/mol. The minimum atomic E-state index is 0.538. The lowest BCUT2D eigenvalue weighted by molar-refractivity contribution is 0.355. The summed E-state index contributed by atoms with van der Waals surface area (Å²) in [5, 5.41) is 3.66. The molecule has 0 amide bonds. The molecule has 1 fully saturated rings. The topological polar surface area (TPSA) is 28.2 Å². The van der Waals surface area contributed by atoms with Gasteiger partial charge in [-0.3, -0.25) is 4.98 Å². The third kappa shape index (κ3) is 3.02. The fourth-order valence-corrected chi connectivity index (χ4v) is 2.77. The maximum Gasteiger partial charge on any atom is 0.0605 e. The Bertz CT molecular complexity index is 389. The standard InChI is InChI=1S/C15H25N3/c1-11(2)8-14-10-18(12(3)9-17-14)15-6-5-7-16-13(15)4/h5-7,11-12,14,17H,8-10H2,1-4H3. The van der Waals surface area contributed by atoms with Crippen molar-refractivity contribution in [3.05, 3.63) is 24.0 Å². The van der Waals surface area contributed by atoms with Gasteiger partial charge in [-0.15, -0.1) is 0 Å². The summed E-state index contributed by atoms with van der Waals surface area (Å²) in [6.07, 6.45) is 3.11. The number of nitrogens with zero attached hydrogens (tertiary/aromatic N) is 2. The number of rotatable bonds is 3. The van der Waals surface area contributed by atoms with Crippen LogP contribution in [0.1, 0.15) is 32.9 Å². The third-order valence-electron chi connectivity index (χ3n) is 3.70. The Labute approximate surface area is 111 Å². The molecule has 2 unspecified atom stereocenters. The summed E-state index contributed by atoms with van der Waals surface area (Å²) in [5.41, 5.74) is 2.43. The van der Waals surface area contributed by atoms with E-state index in [1.54, 1.807) is 0 Å². The number of aromatic nitrogens is 1. The molecule has 0 aromatic carbocycles. The molecule has 2 atom stereocenters. The highest BCUT2D eigenvalue weighted by Gasteiger charge is 2.26. The van der Waals surface area contributed by atoms with Crippen molar-refractivity contribution < 1.29 is 0 Å². The van der Waals surface area contributed by atoms with Crippen molar-refractivity contribution in [2.45, 2.75) is 46.2 Å². The average molecular weight is 247 g/mol. The van der Waals surface area contributed by atoms with Crippen molar-refractivity contribution in [3.8, 4) is 0 Å². The molecular formula is C15H25N3. The number of piperazine rings is 1. The smallest absolute Gasteiger partial charge is 0.0605 e. The highest BCUT2D eigenvalue weighted by atomic mass is 15.2. The first kappa shape index (κ1) is 13.3. The van der Waals surface area contributed by atoms with Gasteiger partial charge in [-0.05, 0) is 38.3 Å². The second kappa shape index (κ2) is 5.70. The highest BCUT2D eigenvalue weighted by Crippen LogP contribution is 2.23. The van der Waals surface area contributed by atoms with Gasteiger partial charge in [-0.2, -0.15) is 0 Å². The maximum atomic E-state index is 4.41. The van der Waals surface area contributed by atoms with Gasteiger partial charge in [0.15, 0.2) is 0 Å². The van der Waals surface area contributed by atoms with E-state index in [-0.39, 0.29) is 0 Å². The van der Waals surface area contributed by atoms with E-state index in [1.807, 2.05) is 12.3 Å². The molecule has 1 aliphatic heterocycles. The molecule has 2 rings (SSSR count). The minimum Gasteiger partial charge on any atom is -0.365 e. The van der Waals surface area contributed by atoms with Crippen molar-refractivity contribution in [2.24, 2.45) is 5.92 Å². The Morgan fingerprint density at radius 2 is 2.28 bits per heavy atom. The zero-order chi connectivity index (χ0) is 13.1. The van der Waals surface area contributed by atoms with Gasteiger partial charge >= 0.3 is 0 Å². The number of pyridine rings is 1. The van der Waals surface area contributed by atoms with E-state index in [0.29, 0.717) is 12.1 Å². The van der Waals surface area contributed by atoms with E-state index >= 15 is 0 Å². The van der Waals surface area contributed by atoms with Gasteiger partial charge < -0.3 is 10.2 Å². The molecule has 0 aliphatic carbocycles. The summed E-state index contributed by atoms with van der Waals surface area (Å²) >= 11 is 0. The van der Waals surface area contributed by atoms with Crippen LogP contribution in [0.3, 0.4) is 0 Å². The molecule has 1 aromatic rings. The molecule has 3 heteroatoms. The van der Waals surface area contributed by atoms with Gasteiger partial charge in [-0.1, -0.05) is 13.8 Å². The number of aryl methyl sites for hydroxylation is 1. The number of hydrogen-bond donors (Lipinski definition) is 1. The zero-order valence-corrected chi connectivity index (χ0v) is 12.0. The van der Waals surface area contributed by atoms with Crippen LogP contribution in [0.2, 0.25) is 0 Å². The molecule has 0 spiro atoms. The fourth-order valence-electron chi connectivity index (χ4n) is 2.77. The van der Waals surface area contributed by atoms with E-state index in [2.05, 4.69) is 49.0 Å². The Balaban J connectivity index is 2.13. The van der Waals surface area contributed by atoms with E-state index in [0.717, 1.165) is 24.7 Å². The third-order valence-corrected chi connectivity index (χ3v) is 3.70. The molecule has 1 saturated heterocycles. The summed E-state index contributed by atoms with van der Waals surface area (Å²) in [5.74, 6) is 0.743. The van der Waals surface area contributed by atoms with E-state index < -0.39 is 0 Å². The Hall–Kier alpha value is -1.09. The molecular weight excluding hydrogens is 222 g/mol. The van der Waals surface area contributed by atoms with Crippen LogP contribution < -0.4 is 10.2 Å². The molecule has 0 saturated carbocycles. The van der Waals surface area contributed by atoms with Gasteiger partial charge in [0, 0.05) is 31.4 Å². The molecule has 1 aliphatic rings. The van der Waals surface area contributed by atoms with Crippen LogP contribution in [-0.4, -0.2) is 30.2 Å². The lowest BCUT2D eigenvalue weighted by Gasteiger charge is -2.41. The van der Waals surface area contributed by atoms with Crippen molar-refractivity contribution in [1.82, 2.24) is 10.3 Å². The van der Waals surface area contributed by atoms with E-state index in [1.165, 1.54) is 12.1 Å². The molecule has 0 bridgehead atoms. The quantitative estimate of drug-likeness (QED) is 0.890. The van der Waals surface area contributed by atoms with Crippen LogP contribution in [0.15, 0.2) is 18.3 Å². The minimum absolute atomic E-state index is 0.538. The molecule has 1 N–H and O–H groups in total. The molecule has 3 nitrogen and oxygen atoms in total. The van der Waals surface area contributed by atoms with Crippen LogP contribution in [0.25, 0.3) is 0 Å². The molecule has 100 valence electrons. The molecule has 0 radical (unpaired) electrons. The largest absolute Gasteiger partial charge is 0.365 e. The average Bonchev–Trinajstić information content (AvgIpc) is 2.32. The van der Waals surface area contributed by atoms with Crippen LogP contribution in [0.4, 0.5) is 5.69 Å². The van der Waals surface area contributed by atoms with Crippen LogP contribution in [-0.2, 0) is 0 Å². The van der Waals surface area contributed by atoms with Gasteiger partial charge in [-0.25, -0.2) is 0 Å². The normalized spacial score (nSPS) is 24.6. The fraction of sp³-hybridized carbons (Fsp3) is 0.667. The van der Waals surface area contributed by atoms with Crippen molar-refractivity contribution in [3.63, 3.8) is 0 Å². The van der Waals surface area contributed by atoms with Crippen molar-refractivity contribution >= 4 is 5.69 Å². The van der Waals surface area contributed by atoms with Gasteiger partial charge in [0.2, 0.25) is 0 Å². The summed E-state index contributed by atoms with van der Waals surface area (Å²) in [6, 6.07) is 5.36. The summed E-state index contributed by atoms with van der Waals surface area (Å²) < 4.78 is 0. The zero-order valence-electron chi connectivity index (χ0n) is 12.0. The monoisotopic (exact) mass is 247 g/mol. The number of nitrogens with one attached hydrogen (secondary N) is 1. The van der Waals surface area contributed by atoms with Gasteiger partial charge in [0.25, 0.3) is 0 Å². The van der Waals surface area contributed by atoms with Crippen molar-refractivity contribution in [1.29, 1.82) is 0 Å². The summed E-state index contributed by atoms with van der Waals surface area (Å²) in [7, 11) is 0. The first-order valence-corrected chi connectivity index (χ1v) is 6.99. The number of anilines is 1. The van der Waals surface area contributed by atoms with Crippen LogP contribution >= 0.6 is 0 Å². The van der Waals surface area contributed by atoms with E-state index in [4.69, 9.17) is 0 Å². The summed E-state index contributed by atoms with van der Waals surface area (Å²) in [6.45, 7) is 11.1. The molecule has 2 heterocycles. The van der Waals surface area contributed by atoms with E-state index in [9.17, 15) is 0 Å². The second-order valence-electron chi connectivity index (χ2n) is 5.84. The van der Waals surface area contributed by atoms with Crippen molar-refractivity contribution in [2.75, 3.05) is 18.0 Å². The maximum absolute atomic E-state index is 4.41. The summed E-state index contributed by atoms with van der Waals surface area (Å²) in [4.78, 5) is 6.92. The van der Waals surface area contributed by atoms with Gasteiger partial charge in [0.05, 0.1) is 11.4 Å². The van der Waals surface area contributed by atoms with Crippen LogP contribution in [0.5, 0.6) is 0 Å². The first-order valence-electron chi connectivity index (χ1n) is 6.99. The second-order valence-corrected chi connectivity index (χ2v) is 5.84. The number of hydrogen-bond acceptors (Lipinski definition) is 3. The first-order chi connectivity index (χ1) is 8.58. The lowest BCUT2D eigenvalue weighted by Crippen LogP contribution is -2.56. The Morgan fingerprint density at radius 3 is 2.94 bits per heavy atom. The Kier molecular flexibility index (Phi) is 4.23. The SMILES string of the molecule is Cc1ncccc1N1CC(CC(C)C)NCC1C. The molecule has 1 aromatic heterocycles. The highest BCUT2D eigenvalue weighted by molar-refractivity contribution is 5.51. The Morgan fingerprint density at radius 1 is 1.50 bits per heavy atom. The lowest BCUT2D eigenvalue weighted by atomic mass is 9.99.